The van der Waals surface area contributed by atoms with Crippen molar-refractivity contribution in [2.45, 2.75) is 33.9 Å². The van der Waals surface area contributed by atoms with E-state index in [1.54, 1.807) is 6.20 Å². The molecule has 0 saturated carbocycles. The highest BCUT2D eigenvalue weighted by Gasteiger charge is 2.06. The van der Waals surface area contributed by atoms with Crippen molar-refractivity contribution in [3.8, 4) is 0 Å². The van der Waals surface area contributed by atoms with Crippen molar-refractivity contribution in [3.63, 3.8) is 0 Å². The monoisotopic (exact) mass is 247 g/mol. The van der Waals surface area contributed by atoms with Gasteiger partial charge in [-0.2, -0.15) is 10.2 Å². The van der Waals surface area contributed by atoms with Crippen molar-refractivity contribution in [2.24, 2.45) is 13.0 Å². The molecule has 0 aliphatic heterocycles. The zero-order chi connectivity index (χ0) is 13.1. The SMILES string of the molecule is Cc1cc(NCc2ccnn2C)nn1CC(C)C. The number of anilines is 1. The second-order valence-corrected chi connectivity index (χ2v) is 5.05. The molecule has 0 unspecified atom stereocenters. The highest BCUT2D eigenvalue weighted by molar-refractivity contribution is 5.36. The molecular formula is C13H21N5. The Balaban J connectivity index is 2.00. The summed E-state index contributed by atoms with van der Waals surface area (Å²) in [5.74, 6) is 1.53. The molecule has 98 valence electrons. The van der Waals surface area contributed by atoms with Crippen LogP contribution >= 0.6 is 0 Å². The minimum absolute atomic E-state index is 0.605. The van der Waals surface area contributed by atoms with Gasteiger partial charge in [0, 0.05) is 31.5 Å². The second-order valence-electron chi connectivity index (χ2n) is 5.05. The van der Waals surface area contributed by atoms with Gasteiger partial charge in [-0.05, 0) is 18.9 Å². The Morgan fingerprint density at radius 1 is 1.39 bits per heavy atom. The number of nitrogens with zero attached hydrogens (tertiary/aromatic N) is 4. The molecule has 2 rings (SSSR count). The maximum Gasteiger partial charge on any atom is 0.148 e. The molecule has 1 N–H and O–H groups in total. The summed E-state index contributed by atoms with van der Waals surface area (Å²) in [6.45, 7) is 8.19. The summed E-state index contributed by atoms with van der Waals surface area (Å²) >= 11 is 0. The van der Waals surface area contributed by atoms with Crippen molar-refractivity contribution in [1.29, 1.82) is 0 Å². The Kier molecular flexibility index (Phi) is 3.69. The van der Waals surface area contributed by atoms with Gasteiger partial charge in [0.05, 0.1) is 12.2 Å². The summed E-state index contributed by atoms with van der Waals surface area (Å²) in [5.41, 5.74) is 2.34. The average Bonchev–Trinajstić information content (AvgIpc) is 2.83. The number of rotatable bonds is 5. The molecule has 2 aromatic rings. The third-order valence-electron chi connectivity index (χ3n) is 2.89. The Labute approximate surface area is 108 Å². The van der Waals surface area contributed by atoms with E-state index in [4.69, 9.17) is 0 Å². The van der Waals surface area contributed by atoms with Gasteiger partial charge in [0.15, 0.2) is 0 Å². The van der Waals surface area contributed by atoms with Gasteiger partial charge in [-0.15, -0.1) is 0 Å². The fourth-order valence-corrected chi connectivity index (χ4v) is 1.88. The van der Waals surface area contributed by atoms with E-state index in [-0.39, 0.29) is 0 Å². The normalized spacial score (nSPS) is 11.2. The van der Waals surface area contributed by atoms with Crippen LogP contribution in [0.5, 0.6) is 0 Å². The lowest BCUT2D eigenvalue weighted by Crippen LogP contribution is -2.09. The van der Waals surface area contributed by atoms with Crippen LogP contribution in [-0.2, 0) is 20.1 Å². The van der Waals surface area contributed by atoms with E-state index in [2.05, 4.69) is 47.0 Å². The molecule has 0 spiro atoms. The van der Waals surface area contributed by atoms with E-state index in [0.29, 0.717) is 5.92 Å². The van der Waals surface area contributed by atoms with Crippen molar-refractivity contribution < 1.29 is 0 Å². The third-order valence-corrected chi connectivity index (χ3v) is 2.89. The highest BCUT2D eigenvalue weighted by Crippen LogP contribution is 2.11. The molecule has 0 fully saturated rings. The number of aryl methyl sites for hydroxylation is 2. The largest absolute Gasteiger partial charge is 0.363 e. The molecule has 0 aliphatic carbocycles. The van der Waals surface area contributed by atoms with Gasteiger partial charge in [0.2, 0.25) is 0 Å². The van der Waals surface area contributed by atoms with Crippen molar-refractivity contribution >= 4 is 5.82 Å². The number of nitrogens with one attached hydrogen (secondary N) is 1. The third kappa shape index (κ3) is 2.91. The predicted molar refractivity (Wildman–Crippen MR) is 72.3 cm³/mol. The summed E-state index contributed by atoms with van der Waals surface area (Å²) in [6, 6.07) is 4.09. The second kappa shape index (κ2) is 5.25. The summed E-state index contributed by atoms with van der Waals surface area (Å²) in [5, 5.41) is 12.0. The fraction of sp³-hybridized carbons (Fsp3) is 0.538. The first-order valence-corrected chi connectivity index (χ1v) is 6.31. The molecule has 0 atom stereocenters. The van der Waals surface area contributed by atoms with Crippen LogP contribution in [0, 0.1) is 12.8 Å². The summed E-state index contributed by atoms with van der Waals surface area (Å²) in [7, 11) is 1.94. The number of hydrogen-bond acceptors (Lipinski definition) is 3. The molecule has 5 heteroatoms. The lowest BCUT2D eigenvalue weighted by atomic mass is 10.2. The lowest BCUT2D eigenvalue weighted by molar-refractivity contribution is 0.475. The average molecular weight is 247 g/mol. The minimum Gasteiger partial charge on any atom is -0.363 e. The zero-order valence-electron chi connectivity index (χ0n) is 11.5. The van der Waals surface area contributed by atoms with Crippen molar-refractivity contribution in [2.75, 3.05) is 5.32 Å². The zero-order valence-corrected chi connectivity index (χ0v) is 11.5. The quantitative estimate of drug-likeness (QED) is 0.881. The predicted octanol–water partition coefficient (Wildman–Crippen LogP) is 2.19. The van der Waals surface area contributed by atoms with Crippen LogP contribution in [0.25, 0.3) is 0 Å². The van der Waals surface area contributed by atoms with Crippen molar-refractivity contribution in [1.82, 2.24) is 19.6 Å². The van der Waals surface area contributed by atoms with E-state index in [1.807, 2.05) is 17.8 Å². The van der Waals surface area contributed by atoms with Crippen LogP contribution in [0.2, 0.25) is 0 Å². The molecule has 0 saturated heterocycles. The molecule has 0 aliphatic rings. The first kappa shape index (κ1) is 12.7. The van der Waals surface area contributed by atoms with Crippen molar-refractivity contribution in [3.05, 3.63) is 29.7 Å². The molecule has 2 heterocycles. The molecule has 0 aromatic carbocycles. The van der Waals surface area contributed by atoms with Gasteiger partial charge >= 0.3 is 0 Å². The van der Waals surface area contributed by atoms with Crippen LogP contribution in [0.15, 0.2) is 18.3 Å². The fourth-order valence-electron chi connectivity index (χ4n) is 1.88. The topological polar surface area (TPSA) is 47.7 Å². The van der Waals surface area contributed by atoms with Crippen LogP contribution < -0.4 is 5.32 Å². The molecule has 18 heavy (non-hydrogen) atoms. The highest BCUT2D eigenvalue weighted by atomic mass is 15.3. The lowest BCUT2D eigenvalue weighted by Gasteiger charge is -2.06. The molecule has 0 bridgehead atoms. The Bertz CT molecular complexity index is 509. The smallest absolute Gasteiger partial charge is 0.148 e. The summed E-state index contributed by atoms with van der Waals surface area (Å²) in [6.07, 6.45) is 1.81. The van der Waals surface area contributed by atoms with Crippen LogP contribution in [-0.4, -0.2) is 19.6 Å². The van der Waals surface area contributed by atoms with E-state index >= 15 is 0 Å². The van der Waals surface area contributed by atoms with Gasteiger partial charge < -0.3 is 5.32 Å². The summed E-state index contributed by atoms with van der Waals surface area (Å²) in [4.78, 5) is 0. The standard InChI is InChI=1S/C13H21N5/c1-10(2)9-18-11(3)7-13(16-18)14-8-12-5-6-15-17(12)4/h5-7,10H,8-9H2,1-4H3,(H,14,16). The van der Waals surface area contributed by atoms with Crippen LogP contribution in [0.4, 0.5) is 5.82 Å². The van der Waals surface area contributed by atoms with Gasteiger partial charge in [-0.3, -0.25) is 9.36 Å². The minimum atomic E-state index is 0.605. The van der Waals surface area contributed by atoms with E-state index in [0.717, 1.165) is 24.6 Å². The van der Waals surface area contributed by atoms with Crippen LogP contribution in [0.3, 0.4) is 0 Å². The number of hydrogen-bond donors (Lipinski definition) is 1. The first-order chi connectivity index (χ1) is 8.56. The van der Waals surface area contributed by atoms with Crippen LogP contribution in [0.1, 0.15) is 25.2 Å². The van der Waals surface area contributed by atoms with Gasteiger partial charge in [0.1, 0.15) is 5.82 Å². The molecule has 0 radical (unpaired) electrons. The Hall–Kier alpha value is -1.78. The van der Waals surface area contributed by atoms with Gasteiger partial charge in [-0.1, -0.05) is 13.8 Å². The van der Waals surface area contributed by atoms with E-state index in [9.17, 15) is 0 Å². The van der Waals surface area contributed by atoms with E-state index < -0.39 is 0 Å². The summed E-state index contributed by atoms with van der Waals surface area (Å²) < 4.78 is 3.92. The van der Waals surface area contributed by atoms with Gasteiger partial charge in [-0.25, -0.2) is 0 Å². The maximum absolute atomic E-state index is 4.55. The Morgan fingerprint density at radius 3 is 2.78 bits per heavy atom. The molecule has 2 aromatic heterocycles. The molecular weight excluding hydrogens is 226 g/mol. The first-order valence-electron chi connectivity index (χ1n) is 6.31. The number of aromatic nitrogens is 4. The molecule has 5 nitrogen and oxygen atoms in total. The van der Waals surface area contributed by atoms with E-state index in [1.165, 1.54) is 5.69 Å². The molecule has 0 amide bonds. The Morgan fingerprint density at radius 2 is 2.17 bits per heavy atom. The van der Waals surface area contributed by atoms with Gasteiger partial charge in [0.25, 0.3) is 0 Å². The maximum atomic E-state index is 4.55.